The summed E-state index contributed by atoms with van der Waals surface area (Å²) in [6.45, 7) is 2.49. The van der Waals surface area contributed by atoms with Gasteiger partial charge in [-0.25, -0.2) is 0 Å². The van der Waals surface area contributed by atoms with Gasteiger partial charge in [0.15, 0.2) is 0 Å². The van der Waals surface area contributed by atoms with Gasteiger partial charge in [-0.05, 0) is 36.6 Å². The molecule has 1 aliphatic heterocycles. The van der Waals surface area contributed by atoms with E-state index in [9.17, 15) is 4.79 Å². The van der Waals surface area contributed by atoms with E-state index < -0.39 is 5.97 Å². The first-order valence-corrected chi connectivity index (χ1v) is 6.43. The van der Waals surface area contributed by atoms with Crippen molar-refractivity contribution in [1.82, 2.24) is 5.32 Å². The topological polar surface area (TPSA) is 58.6 Å². The van der Waals surface area contributed by atoms with Crippen LogP contribution in [0.2, 0.25) is 0 Å². The Hall–Kier alpha value is -1.55. The second-order valence-electron chi connectivity index (χ2n) is 4.57. The van der Waals surface area contributed by atoms with E-state index in [1.807, 2.05) is 6.07 Å². The molecule has 1 heterocycles. The SMILES string of the molecule is O=C(O)CCCCNCc1ccc2c(c1)CCO2. The maximum Gasteiger partial charge on any atom is 0.303 e. The van der Waals surface area contributed by atoms with E-state index in [0.29, 0.717) is 0 Å². The third-order valence-corrected chi connectivity index (χ3v) is 3.08. The van der Waals surface area contributed by atoms with Crippen LogP contribution in [0.5, 0.6) is 5.75 Å². The fourth-order valence-electron chi connectivity index (χ4n) is 2.11. The number of carbonyl (C=O) groups is 1. The standard InChI is InChI=1S/C14H19NO3/c16-14(17)3-1-2-7-15-10-11-4-5-13-12(9-11)6-8-18-13/h4-5,9,15H,1-3,6-8,10H2,(H,16,17). The van der Waals surface area contributed by atoms with Crippen molar-refractivity contribution in [1.29, 1.82) is 0 Å². The molecule has 0 aliphatic carbocycles. The average Bonchev–Trinajstić information content (AvgIpc) is 2.80. The lowest BCUT2D eigenvalue weighted by Crippen LogP contribution is -2.15. The summed E-state index contributed by atoms with van der Waals surface area (Å²) in [5, 5.41) is 11.8. The summed E-state index contributed by atoms with van der Waals surface area (Å²) in [5.41, 5.74) is 2.55. The van der Waals surface area contributed by atoms with E-state index in [0.717, 1.165) is 44.7 Å². The molecule has 0 saturated carbocycles. The fourth-order valence-corrected chi connectivity index (χ4v) is 2.11. The van der Waals surface area contributed by atoms with Crippen LogP contribution in [0.1, 0.15) is 30.4 Å². The molecule has 0 saturated heterocycles. The van der Waals surface area contributed by atoms with Gasteiger partial charge < -0.3 is 15.2 Å². The minimum atomic E-state index is -0.714. The quantitative estimate of drug-likeness (QED) is 0.725. The molecule has 2 N–H and O–H groups in total. The highest BCUT2D eigenvalue weighted by Crippen LogP contribution is 2.25. The number of carboxylic acids is 1. The highest BCUT2D eigenvalue weighted by Gasteiger charge is 2.11. The number of rotatable bonds is 7. The molecule has 18 heavy (non-hydrogen) atoms. The van der Waals surface area contributed by atoms with Gasteiger partial charge in [0, 0.05) is 19.4 Å². The first kappa shape index (κ1) is 12.9. The van der Waals surface area contributed by atoms with Crippen LogP contribution < -0.4 is 10.1 Å². The molecule has 1 aromatic carbocycles. The van der Waals surface area contributed by atoms with Gasteiger partial charge in [-0.2, -0.15) is 0 Å². The maximum absolute atomic E-state index is 10.3. The van der Waals surface area contributed by atoms with Crippen molar-refractivity contribution in [3.8, 4) is 5.75 Å². The van der Waals surface area contributed by atoms with Gasteiger partial charge in [-0.1, -0.05) is 12.1 Å². The third-order valence-electron chi connectivity index (χ3n) is 3.08. The number of hydrogen-bond acceptors (Lipinski definition) is 3. The Morgan fingerprint density at radius 2 is 2.28 bits per heavy atom. The Bertz CT molecular complexity index is 418. The zero-order valence-corrected chi connectivity index (χ0v) is 10.4. The monoisotopic (exact) mass is 249 g/mol. The van der Waals surface area contributed by atoms with Crippen LogP contribution in [0.4, 0.5) is 0 Å². The lowest BCUT2D eigenvalue weighted by Gasteiger charge is -2.06. The number of unbranched alkanes of at least 4 members (excludes halogenated alkanes) is 1. The summed E-state index contributed by atoms with van der Waals surface area (Å²) in [7, 11) is 0. The molecule has 0 radical (unpaired) electrons. The Balaban J connectivity index is 1.66. The molecule has 4 nitrogen and oxygen atoms in total. The number of carboxylic acid groups (broad SMARTS) is 1. The molecule has 98 valence electrons. The van der Waals surface area contributed by atoms with Gasteiger partial charge >= 0.3 is 5.97 Å². The van der Waals surface area contributed by atoms with Crippen LogP contribution in [0.25, 0.3) is 0 Å². The number of aliphatic carboxylic acids is 1. The molecule has 4 heteroatoms. The summed E-state index contributed by atoms with van der Waals surface area (Å²) in [5.74, 6) is 0.300. The minimum Gasteiger partial charge on any atom is -0.493 e. The molecule has 0 bridgehead atoms. The van der Waals surface area contributed by atoms with Crippen LogP contribution in [-0.4, -0.2) is 24.2 Å². The molecule has 0 atom stereocenters. The lowest BCUT2D eigenvalue weighted by molar-refractivity contribution is -0.137. The van der Waals surface area contributed by atoms with E-state index in [1.165, 1.54) is 11.1 Å². The van der Waals surface area contributed by atoms with Crippen LogP contribution in [0.3, 0.4) is 0 Å². The van der Waals surface area contributed by atoms with Crippen molar-refractivity contribution >= 4 is 5.97 Å². The smallest absolute Gasteiger partial charge is 0.303 e. The Labute approximate surface area is 107 Å². The van der Waals surface area contributed by atoms with E-state index in [4.69, 9.17) is 9.84 Å². The van der Waals surface area contributed by atoms with Crippen molar-refractivity contribution in [2.24, 2.45) is 0 Å². The molecular weight excluding hydrogens is 230 g/mol. The predicted octanol–water partition coefficient (Wildman–Crippen LogP) is 1.97. The van der Waals surface area contributed by atoms with E-state index in [-0.39, 0.29) is 6.42 Å². The number of hydrogen-bond donors (Lipinski definition) is 2. The highest BCUT2D eigenvalue weighted by molar-refractivity contribution is 5.66. The normalized spacial score (nSPS) is 13.1. The zero-order chi connectivity index (χ0) is 12.8. The molecule has 0 unspecified atom stereocenters. The van der Waals surface area contributed by atoms with Gasteiger partial charge in [0.05, 0.1) is 6.61 Å². The largest absolute Gasteiger partial charge is 0.493 e. The number of nitrogens with one attached hydrogen (secondary N) is 1. The van der Waals surface area contributed by atoms with E-state index in [2.05, 4.69) is 17.4 Å². The molecule has 1 aliphatic rings. The van der Waals surface area contributed by atoms with Gasteiger partial charge in [0.2, 0.25) is 0 Å². The van der Waals surface area contributed by atoms with Crippen LogP contribution in [0.15, 0.2) is 18.2 Å². The molecule has 0 spiro atoms. The first-order valence-electron chi connectivity index (χ1n) is 6.43. The molecule has 1 aromatic rings. The Morgan fingerprint density at radius 3 is 3.11 bits per heavy atom. The van der Waals surface area contributed by atoms with Gasteiger partial charge in [-0.15, -0.1) is 0 Å². The van der Waals surface area contributed by atoms with Crippen LogP contribution in [-0.2, 0) is 17.8 Å². The first-order chi connectivity index (χ1) is 8.75. The Morgan fingerprint density at radius 1 is 1.39 bits per heavy atom. The summed E-state index contributed by atoms with van der Waals surface area (Å²) < 4.78 is 5.46. The van der Waals surface area contributed by atoms with Gasteiger partial charge in [-0.3, -0.25) is 4.79 Å². The molecule has 0 fully saturated rings. The van der Waals surface area contributed by atoms with Gasteiger partial charge in [0.25, 0.3) is 0 Å². The van der Waals surface area contributed by atoms with Crippen LogP contribution >= 0.6 is 0 Å². The molecule has 0 aromatic heterocycles. The van der Waals surface area contributed by atoms with Crippen molar-refractivity contribution in [2.45, 2.75) is 32.2 Å². The second-order valence-corrected chi connectivity index (χ2v) is 4.57. The van der Waals surface area contributed by atoms with Crippen molar-refractivity contribution in [3.05, 3.63) is 29.3 Å². The maximum atomic E-state index is 10.3. The lowest BCUT2D eigenvalue weighted by atomic mass is 10.1. The summed E-state index contributed by atoms with van der Waals surface area (Å²) in [4.78, 5) is 10.3. The fraction of sp³-hybridized carbons (Fsp3) is 0.500. The molecular formula is C14H19NO3. The van der Waals surface area contributed by atoms with E-state index >= 15 is 0 Å². The summed E-state index contributed by atoms with van der Waals surface area (Å²) in [6, 6.07) is 6.30. The van der Waals surface area contributed by atoms with Crippen molar-refractivity contribution < 1.29 is 14.6 Å². The summed E-state index contributed by atoms with van der Waals surface area (Å²) in [6.07, 6.45) is 2.90. The number of fused-ring (bicyclic) bond motifs is 1. The summed E-state index contributed by atoms with van der Waals surface area (Å²) >= 11 is 0. The minimum absolute atomic E-state index is 0.262. The molecule has 2 rings (SSSR count). The van der Waals surface area contributed by atoms with Crippen molar-refractivity contribution in [2.75, 3.05) is 13.2 Å². The zero-order valence-electron chi connectivity index (χ0n) is 10.4. The van der Waals surface area contributed by atoms with Gasteiger partial charge in [0.1, 0.15) is 5.75 Å². The van der Waals surface area contributed by atoms with Crippen LogP contribution in [0, 0.1) is 0 Å². The Kier molecular flexibility index (Phi) is 4.59. The second kappa shape index (κ2) is 6.40. The highest BCUT2D eigenvalue weighted by atomic mass is 16.5. The predicted molar refractivity (Wildman–Crippen MR) is 68.8 cm³/mol. The molecule has 0 amide bonds. The van der Waals surface area contributed by atoms with E-state index in [1.54, 1.807) is 0 Å². The third kappa shape index (κ3) is 3.74. The average molecular weight is 249 g/mol. The number of benzene rings is 1. The number of ether oxygens (including phenoxy) is 1. The van der Waals surface area contributed by atoms with Crippen molar-refractivity contribution in [3.63, 3.8) is 0 Å².